The zero-order chi connectivity index (χ0) is 34.4. The summed E-state index contributed by atoms with van der Waals surface area (Å²) in [5.74, 6) is 5.01. The molecule has 4 aromatic rings. The van der Waals surface area contributed by atoms with Gasteiger partial charge in [0.15, 0.2) is 0 Å². The molecule has 0 unspecified atom stereocenters. The fourth-order valence-corrected chi connectivity index (χ4v) is 8.21. The summed E-state index contributed by atoms with van der Waals surface area (Å²) in [5, 5.41) is 10.2. The fourth-order valence-electron chi connectivity index (χ4n) is 5.69. The van der Waals surface area contributed by atoms with Crippen LogP contribution in [-0.2, 0) is 26.2 Å². The summed E-state index contributed by atoms with van der Waals surface area (Å²) < 4.78 is 35.1. The van der Waals surface area contributed by atoms with Crippen LogP contribution in [0.1, 0.15) is 48.1 Å². The van der Waals surface area contributed by atoms with Crippen molar-refractivity contribution in [2.75, 3.05) is 18.4 Å². The Bertz CT molecular complexity index is 1970. The molecule has 11 nitrogen and oxygen atoms in total. The van der Waals surface area contributed by atoms with Gasteiger partial charge in [0.2, 0.25) is 21.8 Å². The Morgan fingerprint density at radius 3 is 2.65 bits per heavy atom. The van der Waals surface area contributed by atoms with Gasteiger partial charge in [-0.15, -0.1) is 0 Å². The summed E-state index contributed by atoms with van der Waals surface area (Å²) in [6, 6.07) is 16.5. The smallest absolute Gasteiger partial charge is 0.245 e. The highest BCUT2D eigenvalue weighted by molar-refractivity contribution is 7.89. The van der Waals surface area contributed by atoms with Crippen LogP contribution >= 0.6 is 23.2 Å². The lowest BCUT2D eigenvalue weighted by Gasteiger charge is -2.24. The Balaban J connectivity index is 1.21. The van der Waals surface area contributed by atoms with Gasteiger partial charge < -0.3 is 21.2 Å². The maximum atomic E-state index is 13.9. The Morgan fingerprint density at radius 1 is 1.12 bits per heavy atom. The Hall–Kier alpha value is -4.23. The average Bonchev–Trinajstić information content (AvgIpc) is 3.56. The minimum absolute atomic E-state index is 0.0673. The number of nitrogens with two attached hydrogens (primary N) is 1. The SMILES string of the molecule is Cc1cc(C)c2cccc(OCc3c(Cl)ccc(S(=O)(=O)N4CCC[C@H]4C(=O)NCCCC(=O)Nc4ccc(C=NN)cc4)c3Cl)c2n1. The molecule has 1 saturated heterocycles. The van der Waals surface area contributed by atoms with E-state index in [4.69, 9.17) is 33.8 Å². The van der Waals surface area contributed by atoms with E-state index in [1.807, 2.05) is 32.0 Å². The van der Waals surface area contributed by atoms with E-state index in [0.29, 0.717) is 41.8 Å². The number of nitrogens with one attached hydrogen (secondary N) is 2. The van der Waals surface area contributed by atoms with E-state index in [0.717, 1.165) is 22.2 Å². The maximum Gasteiger partial charge on any atom is 0.245 e. The lowest BCUT2D eigenvalue weighted by atomic mass is 10.1. The van der Waals surface area contributed by atoms with E-state index in [2.05, 4.69) is 20.7 Å². The van der Waals surface area contributed by atoms with Crippen molar-refractivity contribution < 1.29 is 22.7 Å². The molecule has 1 aliphatic heterocycles. The van der Waals surface area contributed by atoms with E-state index in [-0.39, 0.29) is 47.0 Å². The number of ether oxygens (including phenoxy) is 1. The number of rotatable bonds is 12. The van der Waals surface area contributed by atoms with Crippen molar-refractivity contribution in [3.8, 4) is 5.75 Å². The van der Waals surface area contributed by atoms with Gasteiger partial charge in [-0.05, 0) is 80.6 Å². The molecule has 14 heteroatoms. The first kappa shape index (κ1) is 35.1. The van der Waals surface area contributed by atoms with Gasteiger partial charge in [0, 0.05) is 46.9 Å². The third-order valence-corrected chi connectivity index (χ3v) is 10.9. The predicted octanol–water partition coefficient (Wildman–Crippen LogP) is 5.72. The Kier molecular flexibility index (Phi) is 11.2. The normalized spacial score (nSPS) is 15.2. The van der Waals surface area contributed by atoms with Crippen LogP contribution in [-0.4, -0.2) is 54.9 Å². The average molecular weight is 712 g/mol. The number of fused-ring (bicyclic) bond motifs is 1. The highest BCUT2D eigenvalue weighted by Crippen LogP contribution is 2.36. The minimum atomic E-state index is -4.18. The molecular weight excluding hydrogens is 675 g/mol. The summed E-state index contributed by atoms with van der Waals surface area (Å²) >= 11 is 13.2. The fraction of sp³-hybridized carbons (Fsp3) is 0.294. The maximum absolute atomic E-state index is 13.9. The van der Waals surface area contributed by atoms with Crippen molar-refractivity contribution in [3.05, 3.63) is 93.1 Å². The summed E-state index contributed by atoms with van der Waals surface area (Å²) in [7, 11) is -4.18. The first-order valence-corrected chi connectivity index (χ1v) is 17.6. The number of aryl methyl sites for hydroxylation is 2. The van der Waals surface area contributed by atoms with E-state index >= 15 is 0 Å². The van der Waals surface area contributed by atoms with E-state index in [9.17, 15) is 18.0 Å². The zero-order valence-electron chi connectivity index (χ0n) is 26.5. The van der Waals surface area contributed by atoms with Crippen LogP contribution in [0.4, 0.5) is 5.69 Å². The Morgan fingerprint density at radius 2 is 1.90 bits per heavy atom. The number of hydrogen-bond donors (Lipinski definition) is 3. The van der Waals surface area contributed by atoms with Gasteiger partial charge in [-0.2, -0.15) is 9.41 Å². The summed E-state index contributed by atoms with van der Waals surface area (Å²) in [6.45, 7) is 4.16. The van der Waals surface area contributed by atoms with Crippen LogP contribution in [0, 0.1) is 13.8 Å². The van der Waals surface area contributed by atoms with Gasteiger partial charge in [0.1, 0.15) is 28.8 Å². The number of hydrogen-bond acceptors (Lipinski definition) is 8. The molecule has 0 bridgehead atoms. The lowest BCUT2D eigenvalue weighted by molar-refractivity contribution is -0.124. The monoisotopic (exact) mass is 710 g/mol. The molecule has 1 atom stereocenters. The quantitative estimate of drug-likeness (QED) is 0.0735. The molecule has 2 amide bonds. The molecule has 1 aliphatic rings. The molecule has 48 heavy (non-hydrogen) atoms. The number of carbonyl (C=O) groups is 2. The first-order valence-electron chi connectivity index (χ1n) is 15.4. The van der Waals surface area contributed by atoms with Crippen molar-refractivity contribution in [1.29, 1.82) is 0 Å². The number of benzene rings is 3. The van der Waals surface area contributed by atoms with Gasteiger partial charge in [-0.25, -0.2) is 13.4 Å². The number of sulfonamides is 1. The number of carbonyl (C=O) groups excluding carboxylic acids is 2. The van der Waals surface area contributed by atoms with Crippen LogP contribution in [0.5, 0.6) is 5.75 Å². The van der Waals surface area contributed by atoms with Crippen molar-refractivity contribution in [2.24, 2.45) is 10.9 Å². The highest BCUT2D eigenvalue weighted by atomic mass is 35.5. The molecule has 3 aromatic carbocycles. The number of para-hydroxylation sites is 1. The highest BCUT2D eigenvalue weighted by Gasteiger charge is 2.40. The number of hydrazone groups is 1. The second-order valence-electron chi connectivity index (χ2n) is 11.5. The molecule has 0 radical (unpaired) electrons. The van der Waals surface area contributed by atoms with Gasteiger partial charge >= 0.3 is 0 Å². The molecule has 252 valence electrons. The number of aromatic nitrogens is 1. The number of anilines is 1. The lowest BCUT2D eigenvalue weighted by Crippen LogP contribution is -2.46. The van der Waals surface area contributed by atoms with Crippen LogP contribution in [0.3, 0.4) is 0 Å². The van der Waals surface area contributed by atoms with Crippen molar-refractivity contribution in [3.63, 3.8) is 0 Å². The van der Waals surface area contributed by atoms with E-state index in [1.54, 1.807) is 30.3 Å². The number of amides is 2. The molecule has 0 spiro atoms. The second kappa shape index (κ2) is 15.3. The van der Waals surface area contributed by atoms with Gasteiger partial charge in [-0.1, -0.05) is 47.5 Å². The van der Waals surface area contributed by atoms with Gasteiger partial charge in [0.25, 0.3) is 0 Å². The van der Waals surface area contributed by atoms with Crippen molar-refractivity contribution >= 4 is 67.8 Å². The standard InChI is InChI=1S/C34H36Cl2N6O5S/c1-21-18-22(2)40-33-25(21)6-3-8-29(33)47-20-26-27(35)14-15-30(32(26)36)48(45,46)42-17-5-7-28(42)34(44)38-16-4-9-31(43)41-24-12-10-23(11-13-24)19-39-37/h3,6,8,10-15,18-19,28H,4-5,7,9,16-17,20,37H2,1-2H3,(H,38,44)(H,41,43)/t28-/m0/s1. The second-order valence-corrected chi connectivity index (χ2v) is 14.1. The number of halogens is 2. The molecule has 5 rings (SSSR count). The third-order valence-electron chi connectivity index (χ3n) is 8.05. The van der Waals surface area contributed by atoms with Gasteiger partial charge in [0.05, 0.1) is 11.2 Å². The van der Waals surface area contributed by atoms with Crippen molar-refractivity contribution in [2.45, 2.75) is 57.1 Å². The third kappa shape index (κ3) is 7.90. The van der Waals surface area contributed by atoms with Crippen molar-refractivity contribution in [1.82, 2.24) is 14.6 Å². The molecular formula is C34H36Cl2N6O5S. The Labute approximate surface area is 289 Å². The molecule has 0 aliphatic carbocycles. The van der Waals surface area contributed by atoms with Crippen LogP contribution in [0.25, 0.3) is 10.9 Å². The van der Waals surface area contributed by atoms with Crippen LogP contribution in [0.2, 0.25) is 10.0 Å². The predicted molar refractivity (Wildman–Crippen MR) is 188 cm³/mol. The largest absolute Gasteiger partial charge is 0.487 e. The zero-order valence-corrected chi connectivity index (χ0v) is 28.8. The molecule has 2 heterocycles. The minimum Gasteiger partial charge on any atom is -0.487 e. The molecule has 1 fully saturated rings. The van der Waals surface area contributed by atoms with Crippen LogP contribution < -0.4 is 21.2 Å². The molecule has 4 N–H and O–H groups in total. The van der Waals surface area contributed by atoms with E-state index < -0.39 is 22.0 Å². The molecule has 1 aromatic heterocycles. The first-order chi connectivity index (χ1) is 23.0. The number of pyridine rings is 1. The number of nitrogens with zero attached hydrogens (tertiary/aromatic N) is 3. The summed E-state index contributed by atoms with van der Waals surface area (Å²) in [5.41, 5.74) is 4.30. The van der Waals surface area contributed by atoms with Crippen LogP contribution in [0.15, 0.2) is 70.7 Å². The summed E-state index contributed by atoms with van der Waals surface area (Å²) in [6.07, 6.45) is 2.88. The summed E-state index contributed by atoms with van der Waals surface area (Å²) in [4.78, 5) is 30.0. The van der Waals surface area contributed by atoms with Gasteiger partial charge in [-0.3, -0.25) is 9.59 Å². The topological polar surface area (TPSA) is 156 Å². The van der Waals surface area contributed by atoms with E-state index in [1.165, 1.54) is 22.7 Å². The molecule has 0 saturated carbocycles.